The average Bonchev–Trinajstić information content (AvgIpc) is 3.86. The minimum atomic E-state index is -1.26. The van der Waals surface area contributed by atoms with Gasteiger partial charge in [-0.25, -0.2) is 9.78 Å². The Morgan fingerprint density at radius 2 is 0.838 bits per heavy atom. The van der Waals surface area contributed by atoms with Crippen molar-refractivity contribution in [3.05, 3.63) is 242 Å². The molecule has 0 aliphatic heterocycles. The number of hydrogen-bond acceptors (Lipinski definition) is 5. The Balaban J connectivity index is 1.02. The summed E-state index contributed by atoms with van der Waals surface area (Å²) in [4.78, 5) is 24.9. The molecule has 0 fully saturated rings. The lowest BCUT2D eigenvalue weighted by Crippen LogP contribution is -2.09. The summed E-state index contributed by atoms with van der Waals surface area (Å²) < 4.78 is 0. The molecule has 0 saturated heterocycles. The molecule has 7 heteroatoms. The largest absolute Gasteiger partial charge is 0.477 e. The zero-order valence-corrected chi connectivity index (χ0v) is 36.7. The number of imidazole rings is 1. The topological polar surface area (TPSA) is 96.3 Å². The number of benzene rings is 10. The van der Waals surface area contributed by atoms with E-state index in [1.165, 1.54) is 6.08 Å². The molecule has 0 radical (unpaired) electrons. The molecule has 0 aliphatic rings. The first-order valence-corrected chi connectivity index (χ1v) is 22.4. The fourth-order valence-electron chi connectivity index (χ4n) is 9.07. The number of fused-ring (bicyclic) bond motifs is 6. The van der Waals surface area contributed by atoms with Crippen LogP contribution < -0.4 is 9.80 Å². The second-order valence-corrected chi connectivity index (χ2v) is 16.5. The summed E-state index contributed by atoms with van der Waals surface area (Å²) in [5.41, 5.74) is 13.7. The summed E-state index contributed by atoms with van der Waals surface area (Å²) in [5.74, 6) is -0.575. The van der Waals surface area contributed by atoms with Crippen molar-refractivity contribution in [1.29, 1.82) is 5.26 Å². The average molecular weight is 876 g/mol. The van der Waals surface area contributed by atoms with Gasteiger partial charge in [0, 0.05) is 50.5 Å². The van der Waals surface area contributed by atoms with Gasteiger partial charge in [-0.2, -0.15) is 5.26 Å². The fourth-order valence-corrected chi connectivity index (χ4v) is 9.07. The zero-order chi connectivity index (χ0) is 46.0. The van der Waals surface area contributed by atoms with Gasteiger partial charge in [0.2, 0.25) is 0 Å². The van der Waals surface area contributed by atoms with Crippen molar-refractivity contribution in [1.82, 2.24) is 9.97 Å². The van der Waals surface area contributed by atoms with Gasteiger partial charge in [-0.1, -0.05) is 146 Å². The van der Waals surface area contributed by atoms with Crippen molar-refractivity contribution in [2.24, 2.45) is 0 Å². The summed E-state index contributed by atoms with van der Waals surface area (Å²) in [6.45, 7) is 0. The maximum absolute atomic E-state index is 11.5. The van der Waals surface area contributed by atoms with Gasteiger partial charge in [-0.05, 0) is 130 Å². The van der Waals surface area contributed by atoms with E-state index in [1.54, 1.807) is 18.2 Å². The van der Waals surface area contributed by atoms with Crippen molar-refractivity contribution in [2.75, 3.05) is 9.80 Å². The van der Waals surface area contributed by atoms with E-state index in [9.17, 15) is 15.2 Å². The van der Waals surface area contributed by atoms with Crippen LogP contribution in [0.15, 0.2) is 236 Å². The monoisotopic (exact) mass is 875 g/mol. The number of hydrogen-bond donors (Lipinski definition) is 2. The number of aromatic amines is 1. The number of nitriles is 1. The molecule has 0 aliphatic carbocycles. The molecule has 0 saturated carbocycles. The van der Waals surface area contributed by atoms with Gasteiger partial charge in [0.1, 0.15) is 17.5 Å². The summed E-state index contributed by atoms with van der Waals surface area (Å²) in [5, 5.41) is 22.9. The van der Waals surface area contributed by atoms with Gasteiger partial charge in [-0.3, -0.25) is 0 Å². The van der Waals surface area contributed by atoms with Crippen LogP contribution in [0.2, 0.25) is 0 Å². The van der Waals surface area contributed by atoms with Crippen LogP contribution in [0.1, 0.15) is 5.56 Å². The molecular weight excluding hydrogens is 835 g/mol. The Labute approximate surface area is 393 Å². The van der Waals surface area contributed by atoms with Crippen LogP contribution in [0.3, 0.4) is 0 Å². The second-order valence-electron chi connectivity index (χ2n) is 16.5. The first kappa shape index (κ1) is 41.2. The number of H-pyrrole nitrogens is 1. The number of nitrogens with zero attached hydrogens (tertiary/aromatic N) is 4. The maximum atomic E-state index is 11.5. The van der Waals surface area contributed by atoms with Gasteiger partial charge in [0.25, 0.3) is 0 Å². The summed E-state index contributed by atoms with van der Waals surface area (Å²) in [7, 11) is 0. The smallest absolute Gasteiger partial charge is 0.346 e. The summed E-state index contributed by atoms with van der Waals surface area (Å²) in [6.07, 6.45) is 1.37. The molecule has 11 aromatic rings. The number of carboxylic acids is 1. The maximum Gasteiger partial charge on any atom is 0.346 e. The van der Waals surface area contributed by atoms with Gasteiger partial charge in [0.15, 0.2) is 0 Å². The van der Waals surface area contributed by atoms with Crippen LogP contribution in [0.5, 0.6) is 0 Å². The van der Waals surface area contributed by atoms with E-state index in [0.717, 1.165) is 94.5 Å². The van der Waals surface area contributed by atoms with Crippen LogP contribution in [0, 0.1) is 11.3 Å². The van der Waals surface area contributed by atoms with Crippen LogP contribution >= 0.6 is 0 Å². The van der Waals surface area contributed by atoms with E-state index in [1.807, 2.05) is 36.4 Å². The predicted molar refractivity (Wildman–Crippen MR) is 278 cm³/mol. The molecule has 1 aromatic heterocycles. The van der Waals surface area contributed by atoms with Crippen molar-refractivity contribution in [3.63, 3.8) is 0 Å². The normalized spacial score (nSPS) is 11.4. The van der Waals surface area contributed by atoms with E-state index in [-0.39, 0.29) is 5.57 Å². The lowest BCUT2D eigenvalue weighted by atomic mass is 9.93. The molecule has 7 nitrogen and oxygen atoms in total. The quantitative estimate of drug-likeness (QED) is 0.0763. The number of anilines is 6. The van der Waals surface area contributed by atoms with Crippen LogP contribution in [-0.2, 0) is 4.79 Å². The lowest BCUT2D eigenvalue weighted by molar-refractivity contribution is -0.132. The van der Waals surface area contributed by atoms with E-state index >= 15 is 0 Å². The minimum absolute atomic E-state index is 0.326. The molecule has 10 aromatic carbocycles. The van der Waals surface area contributed by atoms with Crippen molar-refractivity contribution in [2.45, 2.75) is 0 Å². The molecule has 11 rings (SSSR count). The third-order valence-corrected chi connectivity index (χ3v) is 12.4. The summed E-state index contributed by atoms with van der Waals surface area (Å²) in [6, 6.07) is 81.6. The molecule has 0 amide bonds. The van der Waals surface area contributed by atoms with E-state index in [4.69, 9.17) is 4.98 Å². The van der Waals surface area contributed by atoms with Gasteiger partial charge < -0.3 is 19.9 Å². The molecule has 1 heterocycles. The highest BCUT2D eigenvalue weighted by atomic mass is 16.4. The predicted octanol–water partition coefficient (Wildman–Crippen LogP) is 15.8. The van der Waals surface area contributed by atoms with E-state index in [0.29, 0.717) is 11.4 Å². The van der Waals surface area contributed by atoms with Crippen LogP contribution in [0.25, 0.3) is 72.3 Å². The SMILES string of the molecule is N#C/C(=C/c1ccc(-c2nc3c4ccc(-c5ccc(N(c6ccccc6)c6ccccc6)cc5)cc4c4cc(-c5ccc(N(c6ccccc6)c6ccccc6)cc5)ccc4c3[nH]2)cc1)C(=O)O. The Kier molecular flexibility index (Phi) is 10.8. The lowest BCUT2D eigenvalue weighted by Gasteiger charge is -2.25. The number of carboxylic acid groups (broad SMARTS) is 1. The van der Waals surface area contributed by atoms with E-state index in [2.05, 4.69) is 197 Å². The highest BCUT2D eigenvalue weighted by molar-refractivity contribution is 6.24. The van der Waals surface area contributed by atoms with Gasteiger partial charge in [0.05, 0.1) is 11.0 Å². The van der Waals surface area contributed by atoms with Crippen molar-refractivity contribution in [3.8, 4) is 39.7 Å². The highest BCUT2D eigenvalue weighted by Crippen LogP contribution is 2.42. The Morgan fingerprint density at radius 1 is 0.456 bits per heavy atom. The second kappa shape index (κ2) is 17.8. The highest BCUT2D eigenvalue weighted by Gasteiger charge is 2.18. The van der Waals surface area contributed by atoms with Crippen LogP contribution in [-0.4, -0.2) is 21.0 Å². The molecule has 0 atom stereocenters. The summed E-state index contributed by atoms with van der Waals surface area (Å²) >= 11 is 0. The number of aromatic nitrogens is 2. The Hall–Kier alpha value is -9.51. The number of para-hydroxylation sites is 4. The molecule has 0 spiro atoms. The molecule has 0 bridgehead atoms. The molecule has 322 valence electrons. The first-order valence-electron chi connectivity index (χ1n) is 22.4. The number of aliphatic carboxylic acids is 1. The van der Waals surface area contributed by atoms with Crippen molar-refractivity contribution < 1.29 is 9.90 Å². The standard InChI is InChI=1S/C61H41N5O2/c62-40-47(61(67)68)37-41-21-23-44(24-22-41)60-63-58-54-35-29-45(42-25-31-52(32-26-42)65(48-13-5-1-6-14-48)49-15-7-2-8-16-49)38-56(54)57-39-46(30-36-55(57)59(58)64-60)43-27-33-53(34-28-43)66(50-17-9-3-10-18-50)51-19-11-4-12-20-51/h1-39H,(H,63,64)(H,67,68)/b47-37-. The fraction of sp³-hybridized carbons (Fsp3) is 0. The Morgan fingerprint density at radius 3 is 1.26 bits per heavy atom. The minimum Gasteiger partial charge on any atom is -0.477 e. The van der Waals surface area contributed by atoms with Crippen LogP contribution in [0.4, 0.5) is 34.1 Å². The molecular formula is C61H41N5O2. The molecule has 68 heavy (non-hydrogen) atoms. The number of carbonyl (C=O) groups is 1. The first-order chi connectivity index (χ1) is 33.5. The third kappa shape index (κ3) is 7.89. The van der Waals surface area contributed by atoms with Gasteiger partial charge in [-0.15, -0.1) is 0 Å². The number of rotatable bonds is 11. The van der Waals surface area contributed by atoms with Gasteiger partial charge >= 0.3 is 5.97 Å². The van der Waals surface area contributed by atoms with Crippen molar-refractivity contribution >= 4 is 78.7 Å². The zero-order valence-electron chi connectivity index (χ0n) is 36.7. The third-order valence-electron chi connectivity index (χ3n) is 12.4. The Bertz CT molecular complexity index is 3400. The van der Waals surface area contributed by atoms with E-state index < -0.39 is 5.97 Å². The number of nitrogens with one attached hydrogen (secondary N) is 1. The molecule has 0 unspecified atom stereocenters. The molecule has 2 N–H and O–H groups in total.